The number of rotatable bonds is 6. The van der Waals surface area contributed by atoms with E-state index in [1.165, 1.54) is 10.1 Å². The zero-order valence-electron chi connectivity index (χ0n) is 17.5. The van der Waals surface area contributed by atoms with Crippen LogP contribution in [-0.2, 0) is 32.5 Å². The fraction of sp³-hybridized carbons (Fsp3) is 0.417. The number of piperazine rings is 1. The van der Waals surface area contributed by atoms with Gasteiger partial charge in [0.05, 0.1) is 12.1 Å². The predicted octanol–water partition coefficient (Wildman–Crippen LogP) is 3.85. The lowest BCUT2D eigenvalue weighted by Crippen LogP contribution is -2.65. The van der Waals surface area contributed by atoms with Crippen molar-refractivity contribution >= 4 is 11.8 Å². The van der Waals surface area contributed by atoms with Crippen LogP contribution in [0.15, 0.2) is 48.5 Å². The molecule has 0 N–H and O–H groups in total. The van der Waals surface area contributed by atoms with E-state index < -0.39 is 11.8 Å². The third-order valence-electron chi connectivity index (χ3n) is 5.86. The number of amides is 2. The average Bonchev–Trinajstić information content (AvgIpc) is 2.76. The molecule has 2 amide bonds. The summed E-state index contributed by atoms with van der Waals surface area (Å²) in [4.78, 5) is 37.4. The molecular formula is C24H28N2O4. The van der Waals surface area contributed by atoms with Crippen LogP contribution in [0.5, 0.6) is 0 Å². The summed E-state index contributed by atoms with van der Waals surface area (Å²) in [5, 5.41) is 2.61. The molecule has 1 saturated heterocycles. The number of carbonyl (C=O) groups is 2. The van der Waals surface area contributed by atoms with E-state index in [4.69, 9.17) is 9.68 Å². The number of hydrogen-bond acceptors (Lipinski definition) is 4. The van der Waals surface area contributed by atoms with Crippen LogP contribution in [0.1, 0.15) is 47.9 Å². The third-order valence-corrected chi connectivity index (χ3v) is 5.86. The molecule has 2 fully saturated rings. The highest BCUT2D eigenvalue weighted by atomic mass is 16.7. The van der Waals surface area contributed by atoms with Gasteiger partial charge < -0.3 is 0 Å². The number of carbonyl (C=O) groups excluding carboxylic acids is 2. The van der Waals surface area contributed by atoms with Crippen LogP contribution in [0.2, 0.25) is 0 Å². The molecule has 0 spiro atoms. The van der Waals surface area contributed by atoms with E-state index in [-0.39, 0.29) is 25.3 Å². The van der Waals surface area contributed by atoms with Gasteiger partial charge >= 0.3 is 11.8 Å². The van der Waals surface area contributed by atoms with Crippen LogP contribution in [0.4, 0.5) is 0 Å². The minimum Gasteiger partial charge on any atom is -0.265 e. The van der Waals surface area contributed by atoms with Crippen molar-refractivity contribution in [1.29, 1.82) is 0 Å². The molecule has 1 heterocycles. The molecule has 158 valence electrons. The normalized spacial score (nSPS) is 21.7. The molecule has 4 rings (SSSR count). The van der Waals surface area contributed by atoms with Crippen molar-refractivity contribution in [2.45, 2.75) is 64.8 Å². The number of aryl methyl sites for hydroxylation is 2. The Bertz CT molecular complexity index is 819. The van der Waals surface area contributed by atoms with Crippen LogP contribution < -0.4 is 0 Å². The fourth-order valence-electron chi connectivity index (χ4n) is 4.09. The van der Waals surface area contributed by atoms with E-state index in [0.29, 0.717) is 0 Å². The molecule has 6 heteroatoms. The van der Waals surface area contributed by atoms with Crippen molar-refractivity contribution in [2.24, 2.45) is 0 Å². The van der Waals surface area contributed by atoms with Gasteiger partial charge in [-0.2, -0.15) is 0 Å². The minimum absolute atomic E-state index is 0.188. The SMILES string of the molecule is Cc1ccc(CON2C(=O)C(=O)N(OCc3ccc(C)cc3)[C@@H]3CCCC[C@H]32)cc1. The molecule has 2 atom stereocenters. The molecule has 1 saturated carbocycles. The summed E-state index contributed by atoms with van der Waals surface area (Å²) in [7, 11) is 0. The van der Waals surface area contributed by atoms with Gasteiger partial charge in [0.25, 0.3) is 0 Å². The topological polar surface area (TPSA) is 59.1 Å². The van der Waals surface area contributed by atoms with E-state index in [1.807, 2.05) is 62.4 Å². The summed E-state index contributed by atoms with van der Waals surface area (Å²) in [5.74, 6) is -1.32. The second-order valence-electron chi connectivity index (χ2n) is 8.20. The molecule has 1 aliphatic carbocycles. The Morgan fingerprint density at radius 1 is 0.700 bits per heavy atom. The van der Waals surface area contributed by atoms with Gasteiger partial charge in [-0.05, 0) is 37.8 Å². The number of benzene rings is 2. The van der Waals surface area contributed by atoms with Crippen molar-refractivity contribution in [2.75, 3.05) is 0 Å². The molecule has 2 aromatic carbocycles. The average molecular weight is 408 g/mol. The summed E-state index contributed by atoms with van der Waals surface area (Å²) < 4.78 is 0. The van der Waals surface area contributed by atoms with E-state index in [1.54, 1.807) is 0 Å². The van der Waals surface area contributed by atoms with Crippen molar-refractivity contribution in [3.05, 3.63) is 70.8 Å². The smallest absolute Gasteiger partial charge is 0.265 e. The Hall–Kier alpha value is -2.70. The maximum absolute atomic E-state index is 12.9. The molecule has 0 bridgehead atoms. The van der Waals surface area contributed by atoms with E-state index >= 15 is 0 Å². The molecule has 6 nitrogen and oxygen atoms in total. The molecule has 1 aliphatic heterocycles. The van der Waals surface area contributed by atoms with E-state index in [9.17, 15) is 9.59 Å². The quantitative estimate of drug-likeness (QED) is 0.682. The summed E-state index contributed by atoms with van der Waals surface area (Å²) in [6.07, 6.45) is 3.58. The largest absolute Gasteiger partial charge is 0.338 e. The first-order chi connectivity index (χ1) is 14.5. The van der Waals surface area contributed by atoms with Crippen LogP contribution in [0.25, 0.3) is 0 Å². The van der Waals surface area contributed by atoms with Gasteiger partial charge in [-0.25, -0.2) is 10.1 Å². The van der Waals surface area contributed by atoms with Crippen molar-refractivity contribution in [3.63, 3.8) is 0 Å². The molecule has 2 aromatic rings. The van der Waals surface area contributed by atoms with Gasteiger partial charge in [-0.1, -0.05) is 72.5 Å². The predicted molar refractivity (Wildman–Crippen MR) is 112 cm³/mol. The molecule has 0 radical (unpaired) electrons. The zero-order chi connectivity index (χ0) is 21.1. The maximum Gasteiger partial charge on any atom is 0.338 e. The van der Waals surface area contributed by atoms with Crippen molar-refractivity contribution < 1.29 is 19.3 Å². The van der Waals surface area contributed by atoms with Crippen LogP contribution >= 0.6 is 0 Å². The zero-order valence-corrected chi connectivity index (χ0v) is 17.5. The van der Waals surface area contributed by atoms with Crippen LogP contribution in [-0.4, -0.2) is 34.0 Å². The summed E-state index contributed by atoms with van der Waals surface area (Å²) in [5.41, 5.74) is 4.26. The van der Waals surface area contributed by atoms with Gasteiger partial charge in [0.15, 0.2) is 0 Å². The highest BCUT2D eigenvalue weighted by molar-refractivity contribution is 6.35. The Kier molecular flexibility index (Phi) is 6.16. The number of hydrogen-bond donors (Lipinski definition) is 0. The third kappa shape index (κ3) is 4.40. The Morgan fingerprint density at radius 2 is 1.07 bits per heavy atom. The number of nitrogens with zero attached hydrogens (tertiary/aromatic N) is 2. The lowest BCUT2D eigenvalue weighted by molar-refractivity contribution is -0.270. The Morgan fingerprint density at radius 3 is 1.43 bits per heavy atom. The van der Waals surface area contributed by atoms with Crippen molar-refractivity contribution in [1.82, 2.24) is 10.1 Å². The first-order valence-electron chi connectivity index (χ1n) is 10.6. The van der Waals surface area contributed by atoms with Gasteiger partial charge in [0.1, 0.15) is 13.2 Å². The highest BCUT2D eigenvalue weighted by Crippen LogP contribution is 2.32. The van der Waals surface area contributed by atoms with Gasteiger partial charge in [0.2, 0.25) is 0 Å². The number of fused-ring (bicyclic) bond motifs is 1. The van der Waals surface area contributed by atoms with Gasteiger partial charge in [-0.15, -0.1) is 0 Å². The highest BCUT2D eigenvalue weighted by Gasteiger charge is 2.48. The summed E-state index contributed by atoms with van der Waals surface area (Å²) in [6.45, 7) is 4.56. The van der Waals surface area contributed by atoms with E-state index in [0.717, 1.165) is 47.9 Å². The first-order valence-corrected chi connectivity index (χ1v) is 10.6. The lowest BCUT2D eigenvalue weighted by atomic mass is 9.88. The second-order valence-corrected chi connectivity index (χ2v) is 8.20. The van der Waals surface area contributed by atoms with Gasteiger partial charge in [-0.3, -0.25) is 19.3 Å². The fourth-order valence-corrected chi connectivity index (χ4v) is 4.09. The van der Waals surface area contributed by atoms with Crippen LogP contribution in [0.3, 0.4) is 0 Å². The lowest BCUT2D eigenvalue weighted by Gasteiger charge is -2.46. The maximum atomic E-state index is 12.9. The number of hydroxylamine groups is 4. The van der Waals surface area contributed by atoms with E-state index in [2.05, 4.69) is 0 Å². The molecule has 0 aromatic heterocycles. The van der Waals surface area contributed by atoms with Gasteiger partial charge in [0, 0.05) is 0 Å². The van der Waals surface area contributed by atoms with Crippen molar-refractivity contribution in [3.8, 4) is 0 Å². The summed E-state index contributed by atoms with van der Waals surface area (Å²) >= 11 is 0. The first kappa shape index (κ1) is 20.6. The minimum atomic E-state index is -0.658. The monoisotopic (exact) mass is 408 g/mol. The Labute approximate surface area is 177 Å². The molecule has 30 heavy (non-hydrogen) atoms. The Balaban J connectivity index is 1.46. The molecule has 0 unspecified atom stereocenters. The summed E-state index contributed by atoms with van der Waals surface area (Å²) in [6, 6.07) is 15.5. The second kappa shape index (κ2) is 8.98. The van der Waals surface area contributed by atoms with Crippen LogP contribution in [0, 0.1) is 13.8 Å². The molecule has 2 aliphatic rings. The molecular weight excluding hydrogens is 380 g/mol. The standard InChI is InChI=1S/C24H28N2O4/c1-17-7-11-19(12-8-17)15-29-25-21-5-3-4-6-22(21)26(24(28)23(25)27)30-16-20-13-9-18(2)10-14-20/h7-14,21-22H,3-6,15-16H2,1-2H3/t21-,22-/m1/s1.